The Morgan fingerprint density at radius 3 is 2.55 bits per heavy atom. The fourth-order valence-electron chi connectivity index (χ4n) is 4.26. The highest BCUT2D eigenvalue weighted by atomic mass is 16.5. The first-order valence-corrected chi connectivity index (χ1v) is 11.8. The van der Waals surface area contributed by atoms with E-state index in [1.807, 2.05) is 11.0 Å². The lowest BCUT2D eigenvalue weighted by atomic mass is 9.96. The van der Waals surface area contributed by atoms with E-state index in [0.29, 0.717) is 13.0 Å². The van der Waals surface area contributed by atoms with Crippen molar-refractivity contribution in [3.8, 4) is 0 Å². The van der Waals surface area contributed by atoms with Crippen LogP contribution >= 0.6 is 0 Å². The van der Waals surface area contributed by atoms with E-state index in [9.17, 15) is 4.79 Å². The van der Waals surface area contributed by atoms with Gasteiger partial charge in [-0.3, -0.25) is 9.79 Å². The Balaban J connectivity index is 1.40. The van der Waals surface area contributed by atoms with Gasteiger partial charge in [-0.2, -0.15) is 0 Å². The van der Waals surface area contributed by atoms with Crippen LogP contribution in [-0.4, -0.2) is 87.7 Å². The maximum absolute atomic E-state index is 12.7. The number of anilines is 1. The summed E-state index contributed by atoms with van der Waals surface area (Å²) >= 11 is 0. The highest BCUT2D eigenvalue weighted by molar-refractivity contribution is 5.81. The predicted octanol–water partition coefficient (Wildman–Crippen LogP) is 2.44. The number of piperazine rings is 1. The third kappa shape index (κ3) is 7.42. The lowest BCUT2D eigenvalue weighted by molar-refractivity contribution is -0.131. The van der Waals surface area contributed by atoms with E-state index in [4.69, 9.17) is 9.73 Å². The van der Waals surface area contributed by atoms with Gasteiger partial charge >= 0.3 is 0 Å². The molecule has 2 aliphatic rings. The van der Waals surface area contributed by atoms with Crippen molar-refractivity contribution in [3.05, 3.63) is 30.3 Å². The van der Waals surface area contributed by atoms with Gasteiger partial charge in [0.25, 0.3) is 0 Å². The largest absolute Gasteiger partial charge is 0.381 e. The number of carbonyl (C=O) groups is 1. The molecule has 2 saturated heterocycles. The second-order valence-electron chi connectivity index (χ2n) is 8.46. The number of amides is 1. The van der Waals surface area contributed by atoms with Crippen LogP contribution in [0.2, 0.25) is 0 Å². The number of hydrogen-bond donors (Lipinski definition) is 1. The Morgan fingerprint density at radius 1 is 1.16 bits per heavy atom. The van der Waals surface area contributed by atoms with Crippen molar-refractivity contribution in [2.75, 3.05) is 71.0 Å². The third-order valence-electron chi connectivity index (χ3n) is 6.25. The molecule has 2 aliphatic heterocycles. The smallest absolute Gasteiger partial charge is 0.224 e. The fraction of sp³-hybridized carbons (Fsp3) is 0.667. The Labute approximate surface area is 187 Å². The first kappa shape index (κ1) is 23.4. The molecule has 1 aromatic carbocycles. The van der Waals surface area contributed by atoms with Crippen LogP contribution in [0.15, 0.2) is 35.3 Å². The molecule has 0 aliphatic carbocycles. The maximum Gasteiger partial charge on any atom is 0.224 e. The molecule has 0 unspecified atom stereocenters. The number of hydrogen-bond acceptors (Lipinski definition) is 4. The van der Waals surface area contributed by atoms with Crippen molar-refractivity contribution in [2.24, 2.45) is 10.9 Å². The summed E-state index contributed by atoms with van der Waals surface area (Å²) < 4.78 is 5.46. The SMILES string of the molecule is CCNC(=NCCC(=O)N1CCN(c2ccccc2)CC1)N(C)CCC1CCOCC1. The minimum Gasteiger partial charge on any atom is -0.381 e. The van der Waals surface area contributed by atoms with E-state index in [2.05, 4.69) is 53.4 Å². The number of para-hydroxylation sites is 1. The van der Waals surface area contributed by atoms with Gasteiger partial charge in [0.05, 0.1) is 6.54 Å². The van der Waals surface area contributed by atoms with Crippen LogP contribution in [-0.2, 0) is 9.53 Å². The summed E-state index contributed by atoms with van der Waals surface area (Å²) in [5, 5.41) is 3.37. The molecule has 0 atom stereocenters. The summed E-state index contributed by atoms with van der Waals surface area (Å²) in [6.07, 6.45) is 3.95. The highest BCUT2D eigenvalue weighted by Crippen LogP contribution is 2.18. The Kier molecular flexibility index (Phi) is 9.46. The summed E-state index contributed by atoms with van der Waals surface area (Å²) in [5.41, 5.74) is 1.23. The molecule has 1 N–H and O–H groups in total. The van der Waals surface area contributed by atoms with Crippen molar-refractivity contribution < 1.29 is 9.53 Å². The topological polar surface area (TPSA) is 60.4 Å². The lowest BCUT2D eigenvalue weighted by Crippen LogP contribution is -2.49. The zero-order chi connectivity index (χ0) is 21.9. The van der Waals surface area contributed by atoms with Gasteiger partial charge in [-0.05, 0) is 44.2 Å². The minimum absolute atomic E-state index is 0.206. The molecule has 0 spiro atoms. The van der Waals surface area contributed by atoms with E-state index in [1.54, 1.807) is 0 Å². The Bertz CT molecular complexity index is 682. The molecule has 2 fully saturated rings. The van der Waals surface area contributed by atoms with Crippen molar-refractivity contribution >= 4 is 17.6 Å². The van der Waals surface area contributed by atoms with Crippen molar-refractivity contribution in [2.45, 2.75) is 32.6 Å². The molecule has 2 heterocycles. The average molecular weight is 430 g/mol. The molecule has 7 heteroatoms. The van der Waals surface area contributed by atoms with Gasteiger partial charge in [-0.15, -0.1) is 0 Å². The van der Waals surface area contributed by atoms with Crippen LogP contribution in [0.4, 0.5) is 5.69 Å². The molecule has 0 bridgehead atoms. The van der Waals surface area contributed by atoms with Crippen LogP contribution in [0.3, 0.4) is 0 Å². The lowest BCUT2D eigenvalue weighted by Gasteiger charge is -2.36. The van der Waals surface area contributed by atoms with Crippen LogP contribution < -0.4 is 10.2 Å². The van der Waals surface area contributed by atoms with Crippen LogP contribution in [0, 0.1) is 5.92 Å². The molecule has 0 radical (unpaired) electrons. The average Bonchev–Trinajstić information content (AvgIpc) is 2.83. The molecule has 31 heavy (non-hydrogen) atoms. The summed E-state index contributed by atoms with van der Waals surface area (Å²) in [4.78, 5) is 23.9. The number of guanidine groups is 1. The van der Waals surface area contributed by atoms with E-state index in [-0.39, 0.29) is 5.91 Å². The first-order chi connectivity index (χ1) is 15.2. The highest BCUT2D eigenvalue weighted by Gasteiger charge is 2.21. The molecule has 1 amide bonds. The number of aliphatic imine (C=N–C) groups is 1. The fourth-order valence-corrected chi connectivity index (χ4v) is 4.26. The van der Waals surface area contributed by atoms with Crippen LogP contribution in [0.1, 0.15) is 32.6 Å². The summed E-state index contributed by atoms with van der Waals surface area (Å²) in [6.45, 7) is 9.54. The van der Waals surface area contributed by atoms with Crippen LogP contribution in [0.5, 0.6) is 0 Å². The molecule has 172 valence electrons. The number of nitrogens with one attached hydrogen (secondary N) is 1. The number of carbonyl (C=O) groups excluding carboxylic acids is 1. The Hall–Kier alpha value is -2.28. The van der Waals surface area contributed by atoms with E-state index in [0.717, 1.165) is 83.6 Å². The quantitative estimate of drug-likeness (QED) is 0.508. The Morgan fingerprint density at radius 2 is 1.87 bits per heavy atom. The number of ether oxygens (including phenoxy) is 1. The van der Waals surface area contributed by atoms with Gasteiger partial charge < -0.3 is 24.8 Å². The van der Waals surface area contributed by atoms with Crippen LogP contribution in [0.25, 0.3) is 0 Å². The molecular formula is C24H39N5O2. The van der Waals surface area contributed by atoms with Crippen molar-refractivity contribution in [1.29, 1.82) is 0 Å². The second-order valence-corrected chi connectivity index (χ2v) is 8.46. The number of benzene rings is 1. The monoisotopic (exact) mass is 429 g/mol. The van der Waals surface area contributed by atoms with Gasteiger partial charge in [-0.1, -0.05) is 18.2 Å². The third-order valence-corrected chi connectivity index (χ3v) is 6.25. The summed E-state index contributed by atoms with van der Waals surface area (Å²) in [6, 6.07) is 10.4. The van der Waals surface area contributed by atoms with E-state index in [1.165, 1.54) is 5.69 Å². The molecule has 0 saturated carbocycles. The zero-order valence-electron chi connectivity index (χ0n) is 19.3. The minimum atomic E-state index is 0.206. The van der Waals surface area contributed by atoms with Gasteiger partial charge in [-0.25, -0.2) is 0 Å². The zero-order valence-corrected chi connectivity index (χ0v) is 19.3. The predicted molar refractivity (Wildman–Crippen MR) is 127 cm³/mol. The normalized spacial score (nSPS) is 18.2. The summed E-state index contributed by atoms with van der Waals surface area (Å²) in [7, 11) is 2.09. The van der Waals surface area contributed by atoms with Gasteiger partial charge in [0.2, 0.25) is 5.91 Å². The maximum atomic E-state index is 12.7. The second kappa shape index (κ2) is 12.5. The van der Waals surface area contributed by atoms with E-state index < -0.39 is 0 Å². The molecule has 0 aromatic heterocycles. The number of rotatable bonds is 8. The van der Waals surface area contributed by atoms with Gasteiger partial charge in [0, 0.05) is 71.6 Å². The van der Waals surface area contributed by atoms with E-state index >= 15 is 0 Å². The standard InChI is InChI=1S/C24H39N5O2/c1-3-25-24(27(2)14-10-21-11-19-31-20-12-21)26-13-9-23(30)29-17-15-28(16-18-29)22-7-5-4-6-8-22/h4-8,21H,3,9-20H2,1-2H3,(H,25,26). The molecule has 7 nitrogen and oxygen atoms in total. The number of nitrogens with zero attached hydrogens (tertiary/aromatic N) is 4. The molecule has 1 aromatic rings. The molecule has 3 rings (SSSR count). The van der Waals surface area contributed by atoms with Gasteiger partial charge in [0.15, 0.2) is 5.96 Å². The van der Waals surface area contributed by atoms with Crippen molar-refractivity contribution in [1.82, 2.24) is 15.1 Å². The van der Waals surface area contributed by atoms with Crippen molar-refractivity contribution in [3.63, 3.8) is 0 Å². The summed E-state index contributed by atoms with van der Waals surface area (Å²) in [5.74, 6) is 1.85. The first-order valence-electron chi connectivity index (χ1n) is 11.8. The van der Waals surface area contributed by atoms with Gasteiger partial charge in [0.1, 0.15) is 0 Å². The molecular weight excluding hydrogens is 390 g/mol.